The van der Waals surface area contributed by atoms with Crippen LogP contribution in [0.5, 0.6) is 23.1 Å². The Morgan fingerprint density at radius 1 is 1.03 bits per heavy atom. The number of anilines is 1. The summed E-state index contributed by atoms with van der Waals surface area (Å²) in [6, 6.07) is 11.7. The number of nitrogens with zero attached hydrogens (tertiary/aromatic N) is 2. The fourth-order valence-corrected chi connectivity index (χ4v) is 3.84. The molecule has 1 spiro atoms. The molecule has 0 unspecified atom stereocenters. The largest absolute Gasteiger partial charge is 0.452 e. The highest BCUT2D eigenvalue weighted by atomic mass is 16.7. The van der Waals surface area contributed by atoms with Crippen LogP contribution in [-0.4, -0.2) is 34.2 Å². The van der Waals surface area contributed by atoms with Gasteiger partial charge >= 0.3 is 5.97 Å². The van der Waals surface area contributed by atoms with Gasteiger partial charge in [-0.2, -0.15) is 0 Å². The maximum absolute atomic E-state index is 12.5. The van der Waals surface area contributed by atoms with E-state index in [0.717, 1.165) is 25.7 Å². The first-order valence-electron chi connectivity index (χ1n) is 10.6. The van der Waals surface area contributed by atoms with Gasteiger partial charge in [-0.05, 0) is 49.2 Å². The van der Waals surface area contributed by atoms with Crippen molar-refractivity contribution in [1.29, 1.82) is 0 Å². The molecule has 1 aliphatic heterocycles. The van der Waals surface area contributed by atoms with Gasteiger partial charge in [-0.15, -0.1) is 0 Å². The summed E-state index contributed by atoms with van der Waals surface area (Å²) in [7, 11) is 0. The molecule has 5 rings (SSSR count). The summed E-state index contributed by atoms with van der Waals surface area (Å²) in [6.07, 6.45) is 8.41. The summed E-state index contributed by atoms with van der Waals surface area (Å²) < 4.78 is 22.8. The molecule has 3 heterocycles. The molecular weight excluding hydrogens is 426 g/mol. The number of hydrogen-bond acceptors (Lipinski definition) is 8. The third kappa shape index (κ3) is 4.57. The molecule has 2 aliphatic rings. The highest BCUT2D eigenvalue weighted by Gasteiger charge is 2.44. The molecule has 1 aromatic carbocycles. The van der Waals surface area contributed by atoms with Crippen LogP contribution in [0, 0.1) is 0 Å². The van der Waals surface area contributed by atoms with Crippen molar-refractivity contribution in [1.82, 2.24) is 9.97 Å². The number of esters is 1. The highest BCUT2D eigenvalue weighted by Crippen LogP contribution is 2.47. The minimum Gasteiger partial charge on any atom is -0.452 e. The zero-order valence-electron chi connectivity index (χ0n) is 17.7. The van der Waals surface area contributed by atoms with Crippen LogP contribution < -0.4 is 19.5 Å². The van der Waals surface area contributed by atoms with Gasteiger partial charge in [0, 0.05) is 37.0 Å². The summed E-state index contributed by atoms with van der Waals surface area (Å²) >= 11 is 0. The molecule has 1 saturated carbocycles. The van der Waals surface area contributed by atoms with Crippen LogP contribution in [0.4, 0.5) is 5.69 Å². The number of nitrogens with one attached hydrogen (secondary N) is 1. The van der Waals surface area contributed by atoms with Gasteiger partial charge < -0.3 is 24.3 Å². The van der Waals surface area contributed by atoms with E-state index in [2.05, 4.69) is 15.3 Å². The predicted molar refractivity (Wildman–Crippen MR) is 116 cm³/mol. The Labute approximate surface area is 189 Å². The Balaban J connectivity index is 1.18. The van der Waals surface area contributed by atoms with E-state index in [1.54, 1.807) is 42.6 Å². The van der Waals surface area contributed by atoms with E-state index >= 15 is 0 Å². The maximum atomic E-state index is 12.5. The molecule has 0 saturated heterocycles. The predicted octanol–water partition coefficient (Wildman–Crippen LogP) is 4.11. The molecule has 1 amide bonds. The molecule has 9 heteroatoms. The summed E-state index contributed by atoms with van der Waals surface area (Å²) in [5.41, 5.74) is 0.620. The van der Waals surface area contributed by atoms with Crippen molar-refractivity contribution in [2.45, 2.75) is 31.5 Å². The molecular formula is C24H21N3O6. The van der Waals surface area contributed by atoms with Crippen molar-refractivity contribution in [2.75, 3.05) is 11.9 Å². The van der Waals surface area contributed by atoms with Crippen LogP contribution in [0.25, 0.3) is 0 Å². The van der Waals surface area contributed by atoms with Gasteiger partial charge in [0.2, 0.25) is 5.88 Å². The monoisotopic (exact) mass is 447 g/mol. The minimum absolute atomic E-state index is 0.0625. The second kappa shape index (κ2) is 8.78. The SMILES string of the molecule is O=C(COC(=O)c1cccnc1Oc1cccnc1)Nc1ccc2c(c1)OC1(CCCC1)O2. The third-order valence-electron chi connectivity index (χ3n) is 5.36. The quantitative estimate of drug-likeness (QED) is 0.563. The van der Waals surface area contributed by atoms with E-state index in [1.165, 1.54) is 18.5 Å². The Morgan fingerprint density at radius 2 is 1.85 bits per heavy atom. The molecule has 0 bridgehead atoms. The Bertz CT molecular complexity index is 1180. The summed E-state index contributed by atoms with van der Waals surface area (Å²) in [5.74, 6) is -0.0433. The van der Waals surface area contributed by atoms with E-state index in [9.17, 15) is 9.59 Å². The smallest absolute Gasteiger partial charge is 0.344 e. The van der Waals surface area contributed by atoms with Crippen LogP contribution in [0.15, 0.2) is 61.1 Å². The molecule has 2 aromatic heterocycles. The molecule has 3 aromatic rings. The molecule has 0 atom stereocenters. The van der Waals surface area contributed by atoms with E-state index in [4.69, 9.17) is 18.9 Å². The average Bonchev–Trinajstić information content (AvgIpc) is 3.43. The van der Waals surface area contributed by atoms with Crippen molar-refractivity contribution in [3.05, 3.63) is 66.6 Å². The van der Waals surface area contributed by atoms with Gasteiger partial charge in [0.05, 0.1) is 6.20 Å². The van der Waals surface area contributed by atoms with Crippen molar-refractivity contribution in [3.63, 3.8) is 0 Å². The van der Waals surface area contributed by atoms with Crippen LogP contribution in [-0.2, 0) is 9.53 Å². The van der Waals surface area contributed by atoms with Gasteiger partial charge in [0.25, 0.3) is 11.7 Å². The number of fused-ring (bicyclic) bond motifs is 1. The lowest BCUT2D eigenvalue weighted by Gasteiger charge is -2.21. The van der Waals surface area contributed by atoms with Crippen LogP contribution >= 0.6 is 0 Å². The van der Waals surface area contributed by atoms with Crippen LogP contribution in [0.2, 0.25) is 0 Å². The molecule has 9 nitrogen and oxygen atoms in total. The second-order valence-corrected chi connectivity index (χ2v) is 7.75. The summed E-state index contributed by atoms with van der Waals surface area (Å²) in [4.78, 5) is 32.9. The van der Waals surface area contributed by atoms with Crippen LogP contribution in [0.1, 0.15) is 36.0 Å². The molecule has 0 radical (unpaired) electrons. The number of rotatable bonds is 6. The summed E-state index contributed by atoms with van der Waals surface area (Å²) in [6.45, 7) is -0.474. The number of carbonyl (C=O) groups excluding carboxylic acids is 2. The molecule has 168 valence electrons. The fraction of sp³-hybridized carbons (Fsp3) is 0.250. The number of pyridine rings is 2. The zero-order chi connectivity index (χ0) is 22.7. The topological polar surface area (TPSA) is 109 Å². The number of aromatic nitrogens is 2. The number of carbonyl (C=O) groups is 2. The first kappa shape index (κ1) is 20.7. The first-order chi connectivity index (χ1) is 16.1. The lowest BCUT2D eigenvalue weighted by atomic mass is 10.2. The number of hydrogen-bond donors (Lipinski definition) is 1. The Hall–Kier alpha value is -4.14. The van der Waals surface area contributed by atoms with E-state index in [-0.39, 0.29) is 11.4 Å². The zero-order valence-corrected chi connectivity index (χ0v) is 17.7. The minimum atomic E-state index is -0.731. The van der Waals surface area contributed by atoms with Gasteiger partial charge in [0.1, 0.15) is 11.3 Å². The fourth-order valence-electron chi connectivity index (χ4n) is 3.84. The summed E-state index contributed by atoms with van der Waals surface area (Å²) in [5, 5.41) is 2.71. The highest BCUT2D eigenvalue weighted by molar-refractivity contribution is 5.96. The second-order valence-electron chi connectivity index (χ2n) is 7.75. The number of amides is 1. The van der Waals surface area contributed by atoms with Crippen molar-refractivity contribution >= 4 is 17.6 Å². The van der Waals surface area contributed by atoms with Crippen molar-refractivity contribution in [2.24, 2.45) is 0 Å². The van der Waals surface area contributed by atoms with Gasteiger partial charge in [-0.1, -0.05) is 0 Å². The molecule has 1 N–H and O–H groups in total. The Kier molecular flexibility index (Phi) is 5.52. The van der Waals surface area contributed by atoms with Crippen LogP contribution in [0.3, 0.4) is 0 Å². The first-order valence-corrected chi connectivity index (χ1v) is 10.6. The Morgan fingerprint density at radius 3 is 2.67 bits per heavy atom. The standard InChI is InChI=1S/C24H21N3O6/c28-21(27-16-7-8-19-20(13-16)33-24(32-19)9-1-2-10-24)15-30-23(29)18-6-4-12-26-22(18)31-17-5-3-11-25-14-17/h3-8,11-14H,1-2,9-10,15H2,(H,27,28). The maximum Gasteiger partial charge on any atom is 0.344 e. The van der Waals surface area contributed by atoms with E-state index in [0.29, 0.717) is 22.9 Å². The third-order valence-corrected chi connectivity index (χ3v) is 5.36. The van der Waals surface area contributed by atoms with Crippen molar-refractivity contribution < 1.29 is 28.5 Å². The average molecular weight is 447 g/mol. The lowest BCUT2D eigenvalue weighted by Crippen LogP contribution is -2.34. The number of benzene rings is 1. The molecule has 1 fully saturated rings. The van der Waals surface area contributed by atoms with Gasteiger partial charge in [-0.25, -0.2) is 9.78 Å². The van der Waals surface area contributed by atoms with Crippen molar-refractivity contribution in [3.8, 4) is 23.1 Å². The normalized spacial score (nSPS) is 15.3. The van der Waals surface area contributed by atoms with Gasteiger partial charge in [-0.3, -0.25) is 9.78 Å². The molecule has 1 aliphatic carbocycles. The number of ether oxygens (including phenoxy) is 4. The van der Waals surface area contributed by atoms with Gasteiger partial charge in [0.15, 0.2) is 18.1 Å². The van der Waals surface area contributed by atoms with E-state index in [1.807, 2.05) is 0 Å². The molecule has 33 heavy (non-hydrogen) atoms. The van der Waals surface area contributed by atoms with E-state index < -0.39 is 24.3 Å². The lowest BCUT2D eigenvalue weighted by molar-refractivity contribution is -0.119.